The number of hydrogen-bond donors (Lipinski definition) is 1. The Labute approximate surface area is 120 Å². The number of benzene rings is 2. The van der Waals surface area contributed by atoms with Gasteiger partial charge in [0.1, 0.15) is 5.78 Å². The maximum Gasteiger partial charge on any atom is 0.145 e. The Hall–Kier alpha value is -1.93. The number of carbonyl (C=O) groups excluding carboxylic acids is 1. The van der Waals surface area contributed by atoms with Crippen molar-refractivity contribution in [3.63, 3.8) is 0 Å². The van der Waals surface area contributed by atoms with Gasteiger partial charge in [0.2, 0.25) is 0 Å². The normalized spacial score (nSPS) is 12.2. The molecule has 1 atom stereocenters. The number of hydrogen-bond acceptors (Lipinski definition) is 2. The number of Topliss-reactive ketones (excluding diaryl/α,β-unsaturated/α-hetero) is 1. The minimum Gasteiger partial charge on any atom is -0.329 e. The molecule has 2 N–H and O–H groups in total. The topological polar surface area (TPSA) is 43.1 Å². The molecule has 0 radical (unpaired) electrons. The molecule has 0 aliphatic carbocycles. The first-order valence-corrected chi connectivity index (χ1v) is 6.95. The average molecular weight is 267 g/mol. The van der Waals surface area contributed by atoms with Crippen LogP contribution in [0, 0.1) is 13.8 Å². The summed E-state index contributed by atoms with van der Waals surface area (Å²) in [6.45, 7) is 4.50. The summed E-state index contributed by atoms with van der Waals surface area (Å²) >= 11 is 0. The molecular formula is C18H21NO. The first-order valence-electron chi connectivity index (χ1n) is 6.95. The third-order valence-electron chi connectivity index (χ3n) is 3.78. The molecule has 0 amide bonds. The van der Waals surface area contributed by atoms with E-state index in [-0.39, 0.29) is 11.7 Å². The summed E-state index contributed by atoms with van der Waals surface area (Å²) in [6.07, 6.45) is 0.442. The standard InChI is InChI=1S/C18H21NO/c1-13-8-9-15(10-14(13)2)11-18(20)17(12-19)16-6-4-3-5-7-16/h3-10,17H,11-12,19H2,1-2H3. The Morgan fingerprint density at radius 1 is 1.05 bits per heavy atom. The van der Waals surface area contributed by atoms with E-state index in [4.69, 9.17) is 5.73 Å². The summed E-state index contributed by atoms with van der Waals surface area (Å²) < 4.78 is 0. The number of ketones is 1. The zero-order chi connectivity index (χ0) is 14.5. The highest BCUT2D eigenvalue weighted by molar-refractivity contribution is 5.88. The van der Waals surface area contributed by atoms with Crippen LogP contribution in [0.1, 0.15) is 28.2 Å². The first-order chi connectivity index (χ1) is 9.61. The van der Waals surface area contributed by atoms with Crippen LogP contribution in [0.25, 0.3) is 0 Å². The summed E-state index contributed by atoms with van der Waals surface area (Å²) in [5.41, 5.74) is 10.3. The molecule has 0 aliphatic heterocycles. The fourth-order valence-electron chi connectivity index (χ4n) is 2.38. The fraction of sp³-hybridized carbons (Fsp3) is 0.278. The summed E-state index contributed by atoms with van der Waals surface area (Å²) in [5, 5.41) is 0. The van der Waals surface area contributed by atoms with E-state index < -0.39 is 0 Å². The van der Waals surface area contributed by atoms with E-state index >= 15 is 0 Å². The van der Waals surface area contributed by atoms with E-state index in [1.54, 1.807) is 0 Å². The van der Waals surface area contributed by atoms with Crippen molar-refractivity contribution in [2.75, 3.05) is 6.54 Å². The maximum atomic E-state index is 12.5. The Morgan fingerprint density at radius 2 is 1.75 bits per heavy atom. The van der Waals surface area contributed by atoms with Crippen LogP contribution in [-0.4, -0.2) is 12.3 Å². The molecule has 20 heavy (non-hydrogen) atoms. The van der Waals surface area contributed by atoms with Crippen LogP contribution in [0.3, 0.4) is 0 Å². The lowest BCUT2D eigenvalue weighted by atomic mass is 9.90. The molecule has 2 aromatic rings. The highest BCUT2D eigenvalue weighted by Crippen LogP contribution is 2.19. The van der Waals surface area contributed by atoms with E-state index in [1.807, 2.05) is 36.4 Å². The summed E-state index contributed by atoms with van der Waals surface area (Å²) in [6, 6.07) is 16.0. The van der Waals surface area contributed by atoms with Gasteiger partial charge in [-0.05, 0) is 36.1 Å². The highest BCUT2D eigenvalue weighted by Gasteiger charge is 2.18. The highest BCUT2D eigenvalue weighted by atomic mass is 16.1. The average Bonchev–Trinajstić information content (AvgIpc) is 2.45. The van der Waals surface area contributed by atoms with E-state index in [0.29, 0.717) is 13.0 Å². The number of carbonyl (C=O) groups is 1. The molecule has 2 heteroatoms. The van der Waals surface area contributed by atoms with E-state index in [2.05, 4.69) is 26.0 Å². The summed E-state index contributed by atoms with van der Waals surface area (Å²) in [5.74, 6) is -0.0280. The monoisotopic (exact) mass is 267 g/mol. The molecule has 2 aromatic carbocycles. The van der Waals surface area contributed by atoms with Crippen molar-refractivity contribution in [1.82, 2.24) is 0 Å². The van der Waals surface area contributed by atoms with Gasteiger partial charge < -0.3 is 5.73 Å². The van der Waals surface area contributed by atoms with Crippen LogP contribution in [0.15, 0.2) is 48.5 Å². The van der Waals surface area contributed by atoms with Gasteiger partial charge in [0, 0.05) is 13.0 Å². The van der Waals surface area contributed by atoms with E-state index in [0.717, 1.165) is 11.1 Å². The van der Waals surface area contributed by atoms with Crippen molar-refractivity contribution in [3.8, 4) is 0 Å². The fourth-order valence-corrected chi connectivity index (χ4v) is 2.38. The molecule has 1 unspecified atom stereocenters. The molecule has 2 nitrogen and oxygen atoms in total. The van der Waals surface area contributed by atoms with Gasteiger partial charge in [-0.2, -0.15) is 0 Å². The lowest BCUT2D eigenvalue weighted by Gasteiger charge is -2.14. The molecule has 0 fully saturated rings. The van der Waals surface area contributed by atoms with Gasteiger partial charge in [0.25, 0.3) is 0 Å². The molecule has 104 valence electrons. The Bertz CT molecular complexity index is 590. The van der Waals surface area contributed by atoms with Crippen molar-refractivity contribution < 1.29 is 4.79 Å². The molecular weight excluding hydrogens is 246 g/mol. The Morgan fingerprint density at radius 3 is 2.35 bits per heavy atom. The van der Waals surface area contributed by atoms with Crippen LogP contribution in [0.2, 0.25) is 0 Å². The number of aryl methyl sites for hydroxylation is 2. The Kier molecular flexibility index (Phi) is 4.70. The van der Waals surface area contributed by atoms with Gasteiger partial charge in [-0.1, -0.05) is 48.5 Å². The number of rotatable bonds is 5. The van der Waals surface area contributed by atoms with Crippen LogP contribution in [0.4, 0.5) is 0 Å². The van der Waals surface area contributed by atoms with E-state index in [9.17, 15) is 4.79 Å². The first kappa shape index (κ1) is 14.5. The second-order valence-electron chi connectivity index (χ2n) is 5.26. The van der Waals surface area contributed by atoms with Gasteiger partial charge in [0.15, 0.2) is 0 Å². The maximum absolute atomic E-state index is 12.5. The van der Waals surface area contributed by atoms with Crippen molar-refractivity contribution in [1.29, 1.82) is 0 Å². The molecule has 0 aromatic heterocycles. The largest absolute Gasteiger partial charge is 0.329 e. The van der Waals surface area contributed by atoms with Gasteiger partial charge in [-0.25, -0.2) is 0 Å². The zero-order valence-corrected chi connectivity index (χ0v) is 12.1. The third kappa shape index (κ3) is 3.34. The predicted molar refractivity (Wildman–Crippen MR) is 82.9 cm³/mol. The van der Waals surface area contributed by atoms with Crippen molar-refractivity contribution >= 4 is 5.78 Å². The second kappa shape index (κ2) is 6.49. The van der Waals surface area contributed by atoms with Crippen molar-refractivity contribution in [3.05, 3.63) is 70.8 Å². The van der Waals surface area contributed by atoms with Crippen LogP contribution in [0.5, 0.6) is 0 Å². The molecule has 0 aliphatic rings. The molecule has 0 spiro atoms. The predicted octanol–water partition coefficient (Wildman–Crippen LogP) is 3.16. The minimum absolute atomic E-state index is 0.182. The second-order valence-corrected chi connectivity index (χ2v) is 5.26. The van der Waals surface area contributed by atoms with Crippen molar-refractivity contribution in [2.24, 2.45) is 5.73 Å². The quantitative estimate of drug-likeness (QED) is 0.904. The lowest BCUT2D eigenvalue weighted by molar-refractivity contribution is -0.119. The zero-order valence-electron chi connectivity index (χ0n) is 12.1. The van der Waals surface area contributed by atoms with Gasteiger partial charge in [-0.15, -0.1) is 0 Å². The van der Waals surface area contributed by atoms with Crippen LogP contribution < -0.4 is 5.73 Å². The SMILES string of the molecule is Cc1ccc(CC(=O)C(CN)c2ccccc2)cc1C. The minimum atomic E-state index is -0.210. The van der Waals surface area contributed by atoms with Crippen LogP contribution >= 0.6 is 0 Å². The lowest BCUT2D eigenvalue weighted by Crippen LogP contribution is -2.23. The third-order valence-corrected chi connectivity index (χ3v) is 3.78. The molecule has 0 saturated carbocycles. The van der Waals surface area contributed by atoms with Crippen LogP contribution in [-0.2, 0) is 11.2 Å². The van der Waals surface area contributed by atoms with Crippen molar-refractivity contribution in [2.45, 2.75) is 26.2 Å². The molecule has 0 heterocycles. The Balaban J connectivity index is 2.15. The van der Waals surface area contributed by atoms with Gasteiger partial charge in [0.05, 0.1) is 5.92 Å². The summed E-state index contributed by atoms with van der Waals surface area (Å²) in [4.78, 5) is 12.5. The smallest absolute Gasteiger partial charge is 0.145 e. The van der Waals surface area contributed by atoms with Gasteiger partial charge in [-0.3, -0.25) is 4.79 Å². The van der Waals surface area contributed by atoms with E-state index in [1.165, 1.54) is 11.1 Å². The number of nitrogens with two attached hydrogens (primary N) is 1. The molecule has 0 saturated heterocycles. The molecule has 0 bridgehead atoms. The van der Waals surface area contributed by atoms with Gasteiger partial charge >= 0.3 is 0 Å². The molecule has 2 rings (SSSR count). The summed E-state index contributed by atoms with van der Waals surface area (Å²) in [7, 11) is 0.